The molecule has 94 valence electrons. The molecule has 17 heavy (non-hydrogen) atoms. The van der Waals surface area contributed by atoms with Crippen LogP contribution in [0.1, 0.15) is 6.42 Å². The zero-order valence-corrected chi connectivity index (χ0v) is 8.70. The van der Waals surface area contributed by atoms with E-state index in [-0.39, 0.29) is 6.42 Å². The fourth-order valence-electron chi connectivity index (χ4n) is 1.76. The van der Waals surface area contributed by atoms with Gasteiger partial charge in [-0.05, 0) is 0 Å². The number of carbonyl (C=O) groups is 3. The smallest absolute Gasteiger partial charge is 0.374 e. The lowest BCUT2D eigenvalue weighted by atomic mass is 9.94. The van der Waals surface area contributed by atoms with Gasteiger partial charge in [0.25, 0.3) is 5.79 Å². The number of rotatable bonds is 1. The molecule has 3 N–H and O–H groups in total. The molecule has 2 aliphatic rings. The zero-order chi connectivity index (χ0) is 12.6. The Labute approximate surface area is 95.6 Å². The summed E-state index contributed by atoms with van der Waals surface area (Å²) in [6.07, 6.45) is -2.29. The summed E-state index contributed by atoms with van der Waals surface area (Å²) in [4.78, 5) is 33.1. The number of nitrogens with two attached hydrogens (primary N) is 1. The number of carbonyl (C=O) groups excluding carboxylic acids is 3. The molecule has 2 rings (SSSR count). The van der Waals surface area contributed by atoms with Crippen molar-refractivity contribution in [3.05, 3.63) is 0 Å². The number of esters is 2. The van der Waals surface area contributed by atoms with Gasteiger partial charge in [0, 0.05) is 6.42 Å². The van der Waals surface area contributed by atoms with Crippen LogP contribution in [0, 0.1) is 0 Å². The lowest BCUT2D eigenvalue weighted by Gasteiger charge is -2.43. The maximum Gasteiger partial charge on any atom is 0.374 e. The van der Waals surface area contributed by atoms with Crippen LogP contribution in [0.3, 0.4) is 0 Å². The number of aliphatic hydroxyl groups excluding tert-OH is 1. The van der Waals surface area contributed by atoms with Crippen LogP contribution in [0.5, 0.6) is 0 Å². The highest BCUT2D eigenvalue weighted by molar-refractivity contribution is 5.92. The number of ether oxygens (including phenoxy) is 3. The molecular weight excluding hydrogens is 234 g/mol. The predicted octanol–water partition coefficient (Wildman–Crippen LogP) is -2.54. The average Bonchev–Trinajstić information content (AvgIpc) is 2.29. The Morgan fingerprint density at radius 3 is 2.76 bits per heavy atom. The van der Waals surface area contributed by atoms with Gasteiger partial charge >= 0.3 is 11.9 Å². The Bertz CT molecular complexity index is 370. The van der Waals surface area contributed by atoms with Gasteiger partial charge in [-0.15, -0.1) is 0 Å². The van der Waals surface area contributed by atoms with E-state index in [4.69, 9.17) is 15.2 Å². The Morgan fingerprint density at radius 2 is 2.18 bits per heavy atom. The summed E-state index contributed by atoms with van der Waals surface area (Å²) >= 11 is 0. The fourth-order valence-corrected chi connectivity index (χ4v) is 1.76. The Hall–Kier alpha value is -1.35. The van der Waals surface area contributed by atoms with Crippen molar-refractivity contribution in [2.75, 3.05) is 6.61 Å². The van der Waals surface area contributed by atoms with Crippen LogP contribution < -0.4 is 5.73 Å². The van der Waals surface area contributed by atoms with Gasteiger partial charge in [-0.2, -0.15) is 0 Å². The van der Waals surface area contributed by atoms with Crippen LogP contribution in [0.15, 0.2) is 0 Å². The summed E-state index contributed by atoms with van der Waals surface area (Å²) in [7, 11) is 0. The number of aliphatic hydroxyl groups is 1. The standard InChI is InChI=1S/C9H11NO7/c10-7-4(12)1-9(17-5(7)2-11)8(14)16-6(13)3-15-9/h2,4-5,7,12H,1,3,10H2. The summed E-state index contributed by atoms with van der Waals surface area (Å²) in [5.41, 5.74) is 5.51. The first kappa shape index (κ1) is 12.1. The third-order valence-electron chi connectivity index (χ3n) is 2.70. The van der Waals surface area contributed by atoms with Crippen LogP contribution >= 0.6 is 0 Å². The number of cyclic esters (lactones) is 2. The van der Waals surface area contributed by atoms with Gasteiger partial charge in [0.05, 0.1) is 12.1 Å². The minimum Gasteiger partial charge on any atom is -0.391 e. The Kier molecular flexibility index (Phi) is 2.96. The molecule has 2 saturated heterocycles. The molecule has 4 atom stereocenters. The molecule has 0 aromatic rings. The Morgan fingerprint density at radius 1 is 1.47 bits per heavy atom. The van der Waals surface area contributed by atoms with Crippen molar-refractivity contribution in [1.29, 1.82) is 0 Å². The van der Waals surface area contributed by atoms with Crippen molar-refractivity contribution in [3.8, 4) is 0 Å². The highest BCUT2D eigenvalue weighted by Gasteiger charge is 2.55. The third kappa shape index (κ3) is 1.95. The summed E-state index contributed by atoms with van der Waals surface area (Å²) in [5, 5.41) is 9.64. The summed E-state index contributed by atoms with van der Waals surface area (Å²) < 4.78 is 14.4. The first-order valence-corrected chi connectivity index (χ1v) is 4.94. The van der Waals surface area contributed by atoms with Gasteiger partial charge in [-0.3, -0.25) is 0 Å². The lowest BCUT2D eigenvalue weighted by molar-refractivity contribution is -0.298. The van der Waals surface area contributed by atoms with Crippen LogP contribution in [0.4, 0.5) is 0 Å². The molecule has 1 spiro atoms. The SMILES string of the molecule is NC1C(O)CC2(OCC(=O)OC2=O)OC1C=O. The van der Waals surface area contributed by atoms with Gasteiger partial charge < -0.3 is 29.8 Å². The molecule has 0 amide bonds. The largest absolute Gasteiger partial charge is 0.391 e. The minimum absolute atomic E-state index is 0.287. The van der Waals surface area contributed by atoms with Crippen molar-refractivity contribution in [3.63, 3.8) is 0 Å². The van der Waals surface area contributed by atoms with Crippen molar-refractivity contribution in [2.45, 2.75) is 30.5 Å². The van der Waals surface area contributed by atoms with E-state index in [1.807, 2.05) is 0 Å². The van der Waals surface area contributed by atoms with E-state index in [0.29, 0.717) is 6.29 Å². The van der Waals surface area contributed by atoms with Crippen molar-refractivity contribution in [1.82, 2.24) is 0 Å². The van der Waals surface area contributed by atoms with Gasteiger partial charge in [0.1, 0.15) is 12.7 Å². The second kappa shape index (κ2) is 4.15. The number of hydrogen-bond acceptors (Lipinski definition) is 8. The van der Waals surface area contributed by atoms with Crippen molar-refractivity contribution < 1.29 is 33.7 Å². The predicted molar refractivity (Wildman–Crippen MR) is 49.3 cm³/mol. The molecular formula is C9H11NO7. The first-order valence-electron chi connectivity index (χ1n) is 4.94. The number of aldehydes is 1. The quantitative estimate of drug-likeness (QED) is 0.294. The van der Waals surface area contributed by atoms with Crippen LogP contribution in [0.2, 0.25) is 0 Å². The molecule has 0 bridgehead atoms. The van der Waals surface area contributed by atoms with Crippen LogP contribution in [0.25, 0.3) is 0 Å². The van der Waals surface area contributed by atoms with Crippen LogP contribution in [-0.4, -0.2) is 54.0 Å². The summed E-state index contributed by atoms with van der Waals surface area (Å²) in [5.74, 6) is -3.85. The van der Waals surface area contributed by atoms with E-state index >= 15 is 0 Å². The van der Waals surface area contributed by atoms with Crippen molar-refractivity contribution >= 4 is 18.2 Å². The van der Waals surface area contributed by atoms with E-state index in [2.05, 4.69) is 4.74 Å². The van der Waals surface area contributed by atoms with Gasteiger partial charge in [0.2, 0.25) is 0 Å². The fraction of sp³-hybridized carbons (Fsp3) is 0.667. The normalized spacial score (nSPS) is 42.4. The van der Waals surface area contributed by atoms with Gasteiger partial charge in [-0.1, -0.05) is 0 Å². The van der Waals surface area contributed by atoms with Gasteiger partial charge in [-0.25, -0.2) is 9.59 Å². The summed E-state index contributed by atoms with van der Waals surface area (Å²) in [6.45, 7) is -0.487. The molecule has 0 aromatic carbocycles. The van der Waals surface area contributed by atoms with Crippen LogP contribution in [-0.2, 0) is 28.6 Å². The first-order chi connectivity index (χ1) is 7.98. The van der Waals surface area contributed by atoms with E-state index < -0.39 is 42.6 Å². The van der Waals surface area contributed by atoms with Crippen molar-refractivity contribution in [2.24, 2.45) is 5.73 Å². The molecule has 4 unspecified atom stereocenters. The molecule has 8 nitrogen and oxygen atoms in total. The minimum atomic E-state index is -1.92. The maximum absolute atomic E-state index is 11.5. The van der Waals surface area contributed by atoms with Gasteiger partial charge in [0.15, 0.2) is 6.29 Å². The van der Waals surface area contributed by atoms with E-state index in [9.17, 15) is 19.5 Å². The highest BCUT2D eigenvalue weighted by atomic mass is 16.8. The molecule has 0 radical (unpaired) electrons. The highest BCUT2D eigenvalue weighted by Crippen LogP contribution is 2.32. The summed E-state index contributed by atoms with van der Waals surface area (Å²) in [6, 6.07) is -0.952. The molecule has 8 heteroatoms. The van der Waals surface area contributed by atoms with E-state index in [1.54, 1.807) is 0 Å². The number of hydrogen-bond donors (Lipinski definition) is 2. The third-order valence-corrected chi connectivity index (χ3v) is 2.70. The second-order valence-electron chi connectivity index (χ2n) is 3.87. The molecule has 0 aromatic heterocycles. The van der Waals surface area contributed by atoms with E-state index in [0.717, 1.165) is 0 Å². The van der Waals surface area contributed by atoms with E-state index in [1.165, 1.54) is 0 Å². The molecule has 0 saturated carbocycles. The maximum atomic E-state index is 11.5. The molecule has 2 aliphatic heterocycles. The molecule has 2 heterocycles. The zero-order valence-electron chi connectivity index (χ0n) is 8.70. The molecule has 2 fully saturated rings. The topological polar surface area (TPSA) is 125 Å². The average molecular weight is 245 g/mol. The second-order valence-corrected chi connectivity index (χ2v) is 3.87. The lowest BCUT2D eigenvalue weighted by Crippen LogP contribution is -2.64. The monoisotopic (exact) mass is 245 g/mol. The Balaban J connectivity index is 2.23. The molecule has 0 aliphatic carbocycles.